The monoisotopic (exact) mass is 414 g/mol. The molecule has 0 spiro atoms. The minimum absolute atomic E-state index is 0.0440. The smallest absolute Gasteiger partial charge is 0.307 e. The first kappa shape index (κ1) is 19.2. The van der Waals surface area contributed by atoms with Gasteiger partial charge in [-0.3, -0.25) is 14.0 Å². The molecule has 0 radical (unpaired) electrons. The van der Waals surface area contributed by atoms with E-state index in [-0.39, 0.29) is 18.1 Å². The molecule has 0 saturated heterocycles. The molecular formula is C21H22N2O3S2. The number of aryl methyl sites for hydroxylation is 3. The molecule has 7 heteroatoms. The molecule has 0 aliphatic heterocycles. The summed E-state index contributed by atoms with van der Waals surface area (Å²) in [5, 5.41) is 0. The quantitative estimate of drug-likeness (QED) is 0.448. The summed E-state index contributed by atoms with van der Waals surface area (Å²) in [5.41, 5.74) is 2.77. The SMILES string of the molecule is Cc1ccc(SCCC(=O)OCc2cc(=O)n3c4c(sc3n2)CCCC4)cc1. The molecule has 0 bridgehead atoms. The van der Waals surface area contributed by atoms with Crippen LogP contribution in [0.1, 0.15) is 41.1 Å². The van der Waals surface area contributed by atoms with Crippen molar-refractivity contribution in [2.75, 3.05) is 5.75 Å². The Morgan fingerprint density at radius 2 is 2.04 bits per heavy atom. The minimum Gasteiger partial charge on any atom is -0.459 e. The van der Waals surface area contributed by atoms with Gasteiger partial charge in [0.15, 0.2) is 4.96 Å². The molecular weight excluding hydrogens is 392 g/mol. The summed E-state index contributed by atoms with van der Waals surface area (Å²) < 4.78 is 7.06. The lowest BCUT2D eigenvalue weighted by atomic mass is 10.0. The molecule has 2 aromatic heterocycles. The second kappa shape index (κ2) is 8.49. The average molecular weight is 415 g/mol. The van der Waals surface area contributed by atoms with Crippen LogP contribution in [0.4, 0.5) is 0 Å². The van der Waals surface area contributed by atoms with Crippen LogP contribution in [0.2, 0.25) is 0 Å². The predicted molar refractivity (Wildman–Crippen MR) is 112 cm³/mol. The van der Waals surface area contributed by atoms with E-state index in [1.165, 1.54) is 22.9 Å². The fourth-order valence-corrected chi connectivity index (χ4v) is 5.39. The summed E-state index contributed by atoms with van der Waals surface area (Å²) in [6.07, 6.45) is 4.56. The lowest BCUT2D eigenvalue weighted by Gasteiger charge is -2.10. The predicted octanol–water partition coefficient (Wildman–Crippen LogP) is 4.17. The van der Waals surface area contributed by atoms with Crippen LogP contribution in [0.25, 0.3) is 4.96 Å². The molecule has 0 amide bonds. The molecule has 5 nitrogen and oxygen atoms in total. The van der Waals surface area contributed by atoms with Crippen LogP contribution in [-0.2, 0) is 29.0 Å². The van der Waals surface area contributed by atoms with Crippen molar-refractivity contribution < 1.29 is 9.53 Å². The van der Waals surface area contributed by atoms with E-state index in [1.807, 2.05) is 0 Å². The van der Waals surface area contributed by atoms with Crippen LogP contribution >= 0.6 is 23.1 Å². The minimum atomic E-state index is -0.271. The van der Waals surface area contributed by atoms with Gasteiger partial charge in [0.05, 0.1) is 12.1 Å². The van der Waals surface area contributed by atoms with E-state index in [4.69, 9.17) is 4.74 Å². The van der Waals surface area contributed by atoms with Crippen LogP contribution in [0.15, 0.2) is 40.0 Å². The van der Waals surface area contributed by atoms with Crippen LogP contribution < -0.4 is 5.56 Å². The van der Waals surface area contributed by atoms with Gasteiger partial charge in [0.1, 0.15) is 6.61 Å². The highest BCUT2D eigenvalue weighted by molar-refractivity contribution is 7.99. The number of carbonyl (C=O) groups excluding carboxylic acids is 1. The van der Waals surface area contributed by atoms with E-state index in [9.17, 15) is 9.59 Å². The number of thioether (sulfide) groups is 1. The lowest BCUT2D eigenvalue weighted by molar-refractivity contribution is -0.144. The summed E-state index contributed by atoms with van der Waals surface area (Å²) in [6.45, 7) is 2.09. The van der Waals surface area contributed by atoms with E-state index in [1.54, 1.807) is 27.5 Å². The Hall–Kier alpha value is -2.12. The molecule has 1 aliphatic rings. The van der Waals surface area contributed by atoms with Gasteiger partial charge >= 0.3 is 5.97 Å². The topological polar surface area (TPSA) is 60.7 Å². The normalized spacial score (nSPS) is 13.5. The molecule has 1 aromatic carbocycles. The van der Waals surface area contributed by atoms with Crippen molar-refractivity contribution in [1.29, 1.82) is 0 Å². The first-order valence-corrected chi connectivity index (χ1v) is 11.3. The maximum Gasteiger partial charge on any atom is 0.307 e. The van der Waals surface area contributed by atoms with Crippen molar-refractivity contribution in [3.05, 3.63) is 62.5 Å². The van der Waals surface area contributed by atoms with Crippen LogP contribution in [0, 0.1) is 6.92 Å². The molecule has 0 unspecified atom stereocenters. The molecule has 0 atom stereocenters. The molecule has 0 N–H and O–H groups in total. The van der Waals surface area contributed by atoms with E-state index in [0.29, 0.717) is 22.8 Å². The Morgan fingerprint density at radius 1 is 1.25 bits per heavy atom. The largest absolute Gasteiger partial charge is 0.459 e. The molecule has 2 heterocycles. The van der Waals surface area contributed by atoms with Crippen molar-refractivity contribution >= 4 is 34.0 Å². The number of aromatic nitrogens is 2. The Balaban J connectivity index is 1.34. The Bertz CT molecular complexity index is 1050. The summed E-state index contributed by atoms with van der Waals surface area (Å²) in [6, 6.07) is 9.72. The fraction of sp³-hybridized carbons (Fsp3) is 0.381. The Labute approximate surface area is 171 Å². The van der Waals surface area contributed by atoms with Gasteiger partial charge < -0.3 is 4.74 Å². The first-order valence-electron chi connectivity index (χ1n) is 9.48. The highest BCUT2D eigenvalue weighted by Gasteiger charge is 2.18. The van der Waals surface area contributed by atoms with Crippen molar-refractivity contribution in [1.82, 2.24) is 9.38 Å². The Kier molecular flexibility index (Phi) is 5.82. The van der Waals surface area contributed by atoms with Gasteiger partial charge in [0, 0.05) is 27.3 Å². The molecule has 4 rings (SSSR count). The van der Waals surface area contributed by atoms with Gasteiger partial charge in [-0.15, -0.1) is 23.1 Å². The van der Waals surface area contributed by atoms with Crippen LogP contribution in [0.5, 0.6) is 0 Å². The van der Waals surface area contributed by atoms with Crippen molar-refractivity contribution in [2.45, 2.75) is 50.5 Å². The number of fused-ring (bicyclic) bond motifs is 3. The zero-order valence-corrected chi connectivity index (χ0v) is 17.4. The highest BCUT2D eigenvalue weighted by atomic mass is 32.2. The molecule has 146 valence electrons. The van der Waals surface area contributed by atoms with Crippen molar-refractivity contribution in [2.24, 2.45) is 0 Å². The number of nitrogens with zero attached hydrogens (tertiary/aromatic N) is 2. The summed E-state index contributed by atoms with van der Waals surface area (Å²) in [7, 11) is 0. The van der Waals surface area contributed by atoms with E-state index in [2.05, 4.69) is 36.2 Å². The number of rotatable bonds is 6. The summed E-state index contributed by atoms with van der Waals surface area (Å²) >= 11 is 3.21. The van der Waals surface area contributed by atoms with Gasteiger partial charge in [-0.1, -0.05) is 17.7 Å². The number of benzene rings is 1. The summed E-state index contributed by atoms with van der Waals surface area (Å²) in [5.74, 6) is 0.390. The molecule has 0 fully saturated rings. The second-order valence-electron chi connectivity index (χ2n) is 6.95. The number of thiazole rings is 1. The molecule has 1 aliphatic carbocycles. The van der Waals surface area contributed by atoms with Gasteiger partial charge in [-0.05, 0) is 44.7 Å². The maximum absolute atomic E-state index is 12.5. The third-order valence-electron chi connectivity index (χ3n) is 4.79. The van der Waals surface area contributed by atoms with Crippen molar-refractivity contribution in [3.8, 4) is 0 Å². The van der Waals surface area contributed by atoms with Gasteiger partial charge in [-0.25, -0.2) is 4.98 Å². The average Bonchev–Trinajstić information content (AvgIpc) is 3.07. The number of hydrogen-bond donors (Lipinski definition) is 0. The Morgan fingerprint density at radius 3 is 2.86 bits per heavy atom. The van der Waals surface area contributed by atoms with Gasteiger partial charge in [-0.2, -0.15) is 0 Å². The maximum atomic E-state index is 12.5. The number of hydrogen-bond acceptors (Lipinski definition) is 6. The fourth-order valence-electron chi connectivity index (χ4n) is 3.33. The molecule has 28 heavy (non-hydrogen) atoms. The molecule has 3 aromatic rings. The molecule has 0 saturated carbocycles. The van der Waals surface area contributed by atoms with Gasteiger partial charge in [0.2, 0.25) is 0 Å². The van der Waals surface area contributed by atoms with Crippen molar-refractivity contribution in [3.63, 3.8) is 0 Å². The summed E-state index contributed by atoms with van der Waals surface area (Å²) in [4.78, 5) is 32.2. The standard InChI is InChI=1S/C21H22N2O3S2/c1-14-6-8-16(9-7-14)27-11-10-20(25)26-13-15-12-19(24)23-17-4-2-3-5-18(17)28-21(23)22-15/h6-9,12H,2-5,10-11,13H2,1H3. The zero-order valence-electron chi connectivity index (χ0n) is 15.8. The first-order chi connectivity index (χ1) is 13.6. The number of carbonyl (C=O) groups is 1. The van der Waals surface area contributed by atoms with Gasteiger partial charge in [0.25, 0.3) is 5.56 Å². The number of esters is 1. The van der Waals surface area contributed by atoms with Crippen LogP contribution in [-0.4, -0.2) is 21.1 Å². The highest BCUT2D eigenvalue weighted by Crippen LogP contribution is 2.28. The zero-order chi connectivity index (χ0) is 19.5. The third kappa shape index (κ3) is 4.31. The van der Waals surface area contributed by atoms with E-state index >= 15 is 0 Å². The third-order valence-corrected chi connectivity index (χ3v) is 6.95. The van der Waals surface area contributed by atoms with E-state index in [0.717, 1.165) is 29.9 Å². The van der Waals surface area contributed by atoms with Crippen LogP contribution in [0.3, 0.4) is 0 Å². The lowest BCUT2D eigenvalue weighted by Crippen LogP contribution is -2.18. The number of ether oxygens (including phenoxy) is 1. The van der Waals surface area contributed by atoms with E-state index < -0.39 is 0 Å². The second-order valence-corrected chi connectivity index (χ2v) is 9.19.